The number of non-ortho nitro benzene ring substituents is 1. The van der Waals surface area contributed by atoms with Gasteiger partial charge in [0.25, 0.3) is 5.69 Å². The lowest BCUT2D eigenvalue weighted by Gasteiger charge is -2.49. The summed E-state index contributed by atoms with van der Waals surface area (Å²) in [5.74, 6) is 0. The Morgan fingerprint density at radius 3 is 2.50 bits per heavy atom. The van der Waals surface area contributed by atoms with Gasteiger partial charge in [-0.15, -0.1) is 0 Å². The molecule has 8 nitrogen and oxygen atoms in total. The molecule has 2 heterocycles. The Morgan fingerprint density at radius 2 is 1.92 bits per heavy atom. The van der Waals surface area contributed by atoms with Gasteiger partial charge in [-0.2, -0.15) is 4.31 Å². The average molecular weight is 383 g/mol. The second-order valence-electron chi connectivity index (χ2n) is 7.92. The van der Waals surface area contributed by atoms with Crippen LogP contribution >= 0.6 is 0 Å². The molecule has 1 N–H and O–H groups in total. The molecule has 1 aromatic carbocycles. The van der Waals surface area contributed by atoms with E-state index in [1.807, 2.05) is 20.8 Å². The summed E-state index contributed by atoms with van der Waals surface area (Å²) in [5.41, 5.74) is -0.324. The molecule has 2 fully saturated rings. The first-order valence-corrected chi connectivity index (χ1v) is 10.2. The number of benzene rings is 1. The van der Waals surface area contributed by atoms with Crippen LogP contribution in [0.25, 0.3) is 0 Å². The van der Waals surface area contributed by atoms with Crippen LogP contribution in [0.5, 0.6) is 0 Å². The summed E-state index contributed by atoms with van der Waals surface area (Å²) < 4.78 is 34.3. The molecule has 2 saturated heterocycles. The van der Waals surface area contributed by atoms with Crippen LogP contribution in [0.3, 0.4) is 0 Å². The van der Waals surface area contributed by atoms with Crippen molar-refractivity contribution in [3.8, 4) is 0 Å². The zero-order chi connectivity index (χ0) is 19.1. The average Bonchev–Trinajstić information content (AvgIpc) is 2.60. The van der Waals surface area contributed by atoms with Gasteiger partial charge >= 0.3 is 0 Å². The number of piperidine rings is 1. The van der Waals surface area contributed by atoms with Gasteiger partial charge in [-0.25, -0.2) is 8.42 Å². The molecule has 0 bridgehead atoms. The molecule has 0 saturated carbocycles. The van der Waals surface area contributed by atoms with Gasteiger partial charge in [0.05, 0.1) is 28.1 Å². The predicted molar refractivity (Wildman–Crippen MR) is 96.4 cm³/mol. The first-order valence-electron chi connectivity index (χ1n) is 8.73. The fourth-order valence-electron chi connectivity index (χ4n) is 3.45. The van der Waals surface area contributed by atoms with E-state index < -0.39 is 14.9 Å². The van der Waals surface area contributed by atoms with Gasteiger partial charge in [0.1, 0.15) is 0 Å². The van der Waals surface area contributed by atoms with E-state index in [4.69, 9.17) is 4.74 Å². The molecule has 2 aliphatic rings. The number of nitrogens with zero attached hydrogens (tertiary/aromatic N) is 2. The van der Waals surface area contributed by atoms with E-state index in [0.717, 1.165) is 13.0 Å². The number of hydrogen-bond donors (Lipinski definition) is 1. The predicted octanol–water partition coefficient (Wildman–Crippen LogP) is 1.76. The summed E-state index contributed by atoms with van der Waals surface area (Å²) >= 11 is 0. The van der Waals surface area contributed by atoms with E-state index >= 15 is 0 Å². The molecule has 0 radical (unpaired) electrons. The number of morpholine rings is 1. The lowest BCUT2D eigenvalue weighted by Crippen LogP contribution is -2.64. The van der Waals surface area contributed by atoms with Crippen molar-refractivity contribution < 1.29 is 18.1 Å². The largest absolute Gasteiger partial charge is 0.371 e. The van der Waals surface area contributed by atoms with E-state index in [-0.39, 0.29) is 40.8 Å². The number of sulfonamides is 1. The molecule has 1 aromatic rings. The van der Waals surface area contributed by atoms with Gasteiger partial charge in [-0.1, -0.05) is 20.8 Å². The fourth-order valence-corrected chi connectivity index (χ4v) is 5.10. The fraction of sp³-hybridized carbons (Fsp3) is 0.647. The molecule has 0 spiro atoms. The number of rotatable bonds is 3. The highest BCUT2D eigenvalue weighted by atomic mass is 32.2. The Bertz CT molecular complexity index is 773. The maximum absolute atomic E-state index is 13.3. The topological polar surface area (TPSA) is 102 Å². The Hall–Kier alpha value is -1.55. The maximum atomic E-state index is 13.3. The molecule has 9 heteroatoms. The quantitative estimate of drug-likeness (QED) is 0.630. The van der Waals surface area contributed by atoms with Crippen molar-refractivity contribution in [1.82, 2.24) is 9.62 Å². The number of nitro benzene ring substituents is 1. The van der Waals surface area contributed by atoms with Crippen LogP contribution in [0, 0.1) is 15.5 Å². The normalized spacial score (nSPS) is 27.7. The van der Waals surface area contributed by atoms with E-state index in [9.17, 15) is 18.5 Å². The van der Waals surface area contributed by atoms with Crippen LogP contribution in [0.2, 0.25) is 0 Å². The number of ether oxygens (including phenoxy) is 1. The third kappa shape index (κ3) is 3.62. The third-order valence-electron chi connectivity index (χ3n) is 5.06. The van der Waals surface area contributed by atoms with Gasteiger partial charge in [-0.3, -0.25) is 10.1 Å². The van der Waals surface area contributed by atoms with Crippen molar-refractivity contribution in [2.45, 2.75) is 50.3 Å². The number of nitro groups is 1. The molecule has 1 unspecified atom stereocenters. The standard InChI is InChI=1S/C17H25N3O5S/c1-17(2,3)16-11-19(14-10-18-9-8-15(14)25-16)26(23,24)13-6-4-12(5-7-13)20(21)22/h4-7,14-16,18H,8-11H2,1-3H3/t14-,15+,16?/m1/s1. The van der Waals surface area contributed by atoms with Crippen molar-refractivity contribution in [1.29, 1.82) is 0 Å². The third-order valence-corrected chi connectivity index (χ3v) is 6.97. The van der Waals surface area contributed by atoms with Gasteiger partial charge in [0, 0.05) is 25.2 Å². The van der Waals surface area contributed by atoms with Crippen LogP contribution in [-0.4, -0.2) is 55.5 Å². The summed E-state index contributed by atoms with van der Waals surface area (Å²) in [4.78, 5) is 10.4. The van der Waals surface area contributed by atoms with E-state index in [1.54, 1.807) is 0 Å². The maximum Gasteiger partial charge on any atom is 0.269 e. The van der Waals surface area contributed by atoms with E-state index in [2.05, 4.69) is 5.32 Å². The van der Waals surface area contributed by atoms with Crippen LogP contribution in [0.4, 0.5) is 5.69 Å². The summed E-state index contributed by atoms with van der Waals surface area (Å²) in [7, 11) is -3.78. The summed E-state index contributed by atoms with van der Waals surface area (Å²) in [5, 5.41) is 14.1. The lowest BCUT2D eigenvalue weighted by molar-refractivity contribution is -0.384. The number of hydrogen-bond acceptors (Lipinski definition) is 6. The SMILES string of the molecule is CC(C)(C)C1CN(S(=O)(=O)c2ccc([N+](=O)[O-])cc2)[C@@H]2CNCC[C@@H]2O1. The summed E-state index contributed by atoms with van der Waals surface area (Å²) in [6, 6.07) is 4.79. The summed E-state index contributed by atoms with van der Waals surface area (Å²) in [6.45, 7) is 7.71. The second kappa shape index (κ2) is 6.88. The first-order chi connectivity index (χ1) is 12.1. The van der Waals surface area contributed by atoms with Crippen LogP contribution < -0.4 is 5.32 Å². The highest BCUT2D eigenvalue weighted by Crippen LogP contribution is 2.35. The number of fused-ring (bicyclic) bond motifs is 1. The zero-order valence-electron chi connectivity index (χ0n) is 15.2. The van der Waals surface area contributed by atoms with Crippen molar-refractivity contribution in [3.05, 3.63) is 34.4 Å². The minimum absolute atomic E-state index is 0.0713. The van der Waals surface area contributed by atoms with Crippen molar-refractivity contribution in [2.75, 3.05) is 19.6 Å². The Labute approximate surface area is 153 Å². The Morgan fingerprint density at radius 1 is 1.27 bits per heavy atom. The molecule has 2 aliphatic heterocycles. The molecular formula is C17H25N3O5S. The summed E-state index contributed by atoms with van der Waals surface area (Å²) in [6.07, 6.45) is 0.389. The highest BCUT2D eigenvalue weighted by Gasteiger charge is 2.46. The Kier molecular flexibility index (Phi) is 5.08. The van der Waals surface area contributed by atoms with Gasteiger partial charge in [-0.05, 0) is 30.5 Å². The van der Waals surface area contributed by atoms with Gasteiger partial charge in [0.2, 0.25) is 10.0 Å². The molecule has 3 rings (SSSR count). The Balaban J connectivity index is 1.95. The van der Waals surface area contributed by atoms with E-state index in [1.165, 1.54) is 28.6 Å². The highest BCUT2D eigenvalue weighted by molar-refractivity contribution is 7.89. The van der Waals surface area contributed by atoms with Gasteiger partial charge in [0.15, 0.2) is 0 Å². The molecule has 26 heavy (non-hydrogen) atoms. The van der Waals surface area contributed by atoms with Gasteiger partial charge < -0.3 is 10.1 Å². The first kappa shape index (κ1) is 19.2. The second-order valence-corrected chi connectivity index (χ2v) is 9.81. The number of nitrogens with one attached hydrogen (secondary N) is 1. The van der Waals surface area contributed by atoms with Crippen LogP contribution in [0.15, 0.2) is 29.2 Å². The molecule has 3 atom stereocenters. The van der Waals surface area contributed by atoms with Crippen molar-refractivity contribution >= 4 is 15.7 Å². The van der Waals surface area contributed by atoms with E-state index in [0.29, 0.717) is 6.54 Å². The molecule has 0 aromatic heterocycles. The minimum atomic E-state index is -3.78. The zero-order valence-corrected chi connectivity index (χ0v) is 16.0. The van der Waals surface area contributed by atoms with Crippen LogP contribution in [-0.2, 0) is 14.8 Å². The van der Waals surface area contributed by atoms with Crippen molar-refractivity contribution in [2.24, 2.45) is 5.41 Å². The monoisotopic (exact) mass is 383 g/mol. The smallest absolute Gasteiger partial charge is 0.269 e. The lowest BCUT2D eigenvalue weighted by atomic mass is 9.86. The minimum Gasteiger partial charge on any atom is -0.371 e. The van der Waals surface area contributed by atoms with Crippen LogP contribution in [0.1, 0.15) is 27.2 Å². The molecule has 0 amide bonds. The molecule has 0 aliphatic carbocycles. The molecular weight excluding hydrogens is 358 g/mol. The molecule has 144 valence electrons. The van der Waals surface area contributed by atoms with Crippen molar-refractivity contribution in [3.63, 3.8) is 0 Å².